The predicted molar refractivity (Wildman–Crippen MR) is 84.3 cm³/mol. The first-order chi connectivity index (χ1) is 9.79. The Morgan fingerprint density at radius 2 is 2.10 bits per heavy atom. The van der Waals surface area contributed by atoms with Crippen molar-refractivity contribution >= 4 is 28.6 Å². The summed E-state index contributed by atoms with van der Waals surface area (Å²) in [6, 6.07) is 8.69. The van der Waals surface area contributed by atoms with Crippen molar-refractivity contribution in [3.05, 3.63) is 44.8 Å². The fourth-order valence-corrected chi connectivity index (χ4v) is 3.53. The zero-order valence-electron chi connectivity index (χ0n) is 11.5. The molecule has 2 aromatic heterocycles. The lowest BCUT2D eigenvalue weighted by atomic mass is 10.1. The van der Waals surface area contributed by atoms with Crippen LogP contribution in [0.1, 0.15) is 29.1 Å². The quantitative estimate of drug-likeness (QED) is 0.757. The molecule has 0 aliphatic carbocycles. The second-order valence-corrected chi connectivity index (χ2v) is 6.37. The fourth-order valence-electron chi connectivity index (χ4n) is 1.97. The van der Waals surface area contributed by atoms with Gasteiger partial charge in [-0.3, -0.25) is 4.79 Å². The van der Waals surface area contributed by atoms with Crippen molar-refractivity contribution in [1.82, 2.24) is 5.32 Å². The van der Waals surface area contributed by atoms with Crippen molar-refractivity contribution in [1.29, 1.82) is 0 Å². The molecule has 0 saturated heterocycles. The molecule has 2 heterocycles. The molecular formula is C15H19NO2S2. The summed E-state index contributed by atoms with van der Waals surface area (Å²) >= 11 is 3.52. The summed E-state index contributed by atoms with van der Waals surface area (Å²) in [5.74, 6) is -0.138. The standard InChI is InChI=1S/C15H19NO2S2/c1-2-18-15(17)7-8-16-13(14-6-4-10-20-14)11-12-5-3-9-19-12/h3-6,9-10,13,16H,2,7-8,11H2,1H3. The van der Waals surface area contributed by atoms with E-state index in [0.29, 0.717) is 19.6 Å². The Hall–Kier alpha value is -1.17. The largest absolute Gasteiger partial charge is 0.466 e. The molecule has 0 aliphatic heterocycles. The van der Waals surface area contributed by atoms with Crippen LogP contribution >= 0.6 is 22.7 Å². The maximum Gasteiger partial charge on any atom is 0.307 e. The van der Waals surface area contributed by atoms with Gasteiger partial charge in [0.05, 0.1) is 13.0 Å². The van der Waals surface area contributed by atoms with Crippen LogP contribution in [-0.4, -0.2) is 19.1 Å². The number of carbonyl (C=O) groups is 1. The molecule has 0 aromatic carbocycles. The first-order valence-corrected chi connectivity index (χ1v) is 8.50. The molecule has 5 heteroatoms. The predicted octanol–water partition coefficient (Wildman–Crippen LogP) is 3.64. The maximum absolute atomic E-state index is 11.4. The Balaban J connectivity index is 1.88. The summed E-state index contributed by atoms with van der Waals surface area (Å²) in [7, 11) is 0. The van der Waals surface area contributed by atoms with Gasteiger partial charge in [-0.2, -0.15) is 0 Å². The topological polar surface area (TPSA) is 38.3 Å². The first kappa shape index (κ1) is 15.2. The molecule has 1 unspecified atom stereocenters. The smallest absolute Gasteiger partial charge is 0.307 e. The monoisotopic (exact) mass is 309 g/mol. The second-order valence-electron chi connectivity index (χ2n) is 4.36. The first-order valence-electron chi connectivity index (χ1n) is 6.74. The van der Waals surface area contributed by atoms with Crippen molar-refractivity contribution < 1.29 is 9.53 Å². The van der Waals surface area contributed by atoms with E-state index in [0.717, 1.165) is 6.42 Å². The van der Waals surface area contributed by atoms with Gasteiger partial charge in [-0.05, 0) is 29.8 Å². The van der Waals surface area contributed by atoms with Crippen LogP contribution in [0, 0.1) is 0 Å². The summed E-state index contributed by atoms with van der Waals surface area (Å²) in [4.78, 5) is 14.0. The number of hydrogen-bond donors (Lipinski definition) is 1. The minimum absolute atomic E-state index is 0.138. The van der Waals surface area contributed by atoms with E-state index in [2.05, 4.69) is 40.3 Å². The molecule has 2 rings (SSSR count). The van der Waals surface area contributed by atoms with Gasteiger partial charge in [-0.15, -0.1) is 22.7 Å². The summed E-state index contributed by atoms with van der Waals surface area (Å²) < 4.78 is 4.95. The highest BCUT2D eigenvalue weighted by molar-refractivity contribution is 7.10. The number of thiophene rings is 2. The number of rotatable bonds is 8. The average molecular weight is 309 g/mol. The van der Waals surface area contributed by atoms with E-state index in [-0.39, 0.29) is 12.0 Å². The SMILES string of the molecule is CCOC(=O)CCNC(Cc1cccs1)c1cccs1. The molecule has 0 spiro atoms. The minimum atomic E-state index is -0.138. The Kier molecular flexibility index (Phi) is 6.24. The van der Waals surface area contributed by atoms with E-state index >= 15 is 0 Å². The lowest BCUT2D eigenvalue weighted by molar-refractivity contribution is -0.143. The van der Waals surface area contributed by atoms with E-state index < -0.39 is 0 Å². The molecule has 1 atom stereocenters. The normalized spacial score (nSPS) is 12.2. The lowest BCUT2D eigenvalue weighted by Gasteiger charge is -2.16. The maximum atomic E-state index is 11.4. The summed E-state index contributed by atoms with van der Waals surface area (Å²) in [5.41, 5.74) is 0. The van der Waals surface area contributed by atoms with E-state index in [9.17, 15) is 4.79 Å². The average Bonchev–Trinajstić information content (AvgIpc) is 3.11. The van der Waals surface area contributed by atoms with Crippen LogP contribution in [0.4, 0.5) is 0 Å². The highest BCUT2D eigenvalue weighted by Crippen LogP contribution is 2.24. The van der Waals surface area contributed by atoms with Gasteiger partial charge < -0.3 is 10.1 Å². The van der Waals surface area contributed by atoms with Crippen LogP contribution in [0.3, 0.4) is 0 Å². The molecule has 0 fully saturated rings. The van der Waals surface area contributed by atoms with Crippen molar-refractivity contribution in [3.8, 4) is 0 Å². The van der Waals surface area contributed by atoms with Gasteiger partial charge in [0.25, 0.3) is 0 Å². The third kappa shape index (κ3) is 4.74. The molecule has 20 heavy (non-hydrogen) atoms. The molecule has 3 nitrogen and oxygen atoms in total. The van der Waals surface area contributed by atoms with E-state index in [1.54, 1.807) is 22.7 Å². The lowest BCUT2D eigenvalue weighted by Crippen LogP contribution is -2.25. The third-order valence-electron chi connectivity index (χ3n) is 2.90. The second kappa shape index (κ2) is 8.19. The number of hydrogen-bond acceptors (Lipinski definition) is 5. The molecule has 1 N–H and O–H groups in total. The molecule has 2 aromatic rings. The molecule has 0 saturated carbocycles. The van der Waals surface area contributed by atoms with Crippen molar-refractivity contribution in [3.63, 3.8) is 0 Å². The Morgan fingerprint density at radius 1 is 1.30 bits per heavy atom. The van der Waals surface area contributed by atoms with Crippen LogP contribution < -0.4 is 5.32 Å². The molecule has 0 aliphatic rings. The van der Waals surface area contributed by atoms with Crippen LogP contribution in [0.25, 0.3) is 0 Å². The van der Waals surface area contributed by atoms with Crippen LogP contribution in [0.2, 0.25) is 0 Å². The molecule has 0 bridgehead atoms. The number of ether oxygens (including phenoxy) is 1. The van der Waals surface area contributed by atoms with E-state index in [1.165, 1.54) is 9.75 Å². The summed E-state index contributed by atoms with van der Waals surface area (Å²) in [6.45, 7) is 2.92. The van der Waals surface area contributed by atoms with Gasteiger partial charge in [0.1, 0.15) is 0 Å². The number of esters is 1. The Morgan fingerprint density at radius 3 is 2.75 bits per heavy atom. The van der Waals surface area contributed by atoms with Gasteiger partial charge in [-0.25, -0.2) is 0 Å². The van der Waals surface area contributed by atoms with E-state index in [4.69, 9.17) is 4.74 Å². The zero-order valence-corrected chi connectivity index (χ0v) is 13.1. The molecule has 0 amide bonds. The van der Waals surface area contributed by atoms with Gasteiger partial charge in [0, 0.05) is 28.8 Å². The minimum Gasteiger partial charge on any atom is -0.466 e. The molecule has 108 valence electrons. The van der Waals surface area contributed by atoms with Crippen molar-refractivity contribution in [2.24, 2.45) is 0 Å². The fraction of sp³-hybridized carbons (Fsp3) is 0.400. The van der Waals surface area contributed by atoms with Gasteiger partial charge in [-0.1, -0.05) is 12.1 Å². The summed E-state index contributed by atoms with van der Waals surface area (Å²) in [5, 5.41) is 7.65. The van der Waals surface area contributed by atoms with Crippen molar-refractivity contribution in [2.75, 3.05) is 13.2 Å². The molecular weight excluding hydrogens is 290 g/mol. The number of nitrogens with one attached hydrogen (secondary N) is 1. The van der Waals surface area contributed by atoms with E-state index in [1.807, 2.05) is 6.92 Å². The van der Waals surface area contributed by atoms with Gasteiger partial charge >= 0.3 is 5.97 Å². The van der Waals surface area contributed by atoms with Crippen LogP contribution in [0.5, 0.6) is 0 Å². The zero-order chi connectivity index (χ0) is 14.2. The number of carbonyl (C=O) groups excluding carboxylic acids is 1. The Bertz CT molecular complexity index is 494. The van der Waals surface area contributed by atoms with Crippen LogP contribution in [-0.2, 0) is 16.0 Å². The summed E-state index contributed by atoms with van der Waals surface area (Å²) in [6.07, 6.45) is 1.38. The van der Waals surface area contributed by atoms with Gasteiger partial charge in [0.15, 0.2) is 0 Å². The molecule has 0 radical (unpaired) electrons. The van der Waals surface area contributed by atoms with Gasteiger partial charge in [0.2, 0.25) is 0 Å². The third-order valence-corrected chi connectivity index (χ3v) is 4.78. The highest BCUT2D eigenvalue weighted by Gasteiger charge is 2.14. The Labute approximate surface area is 127 Å². The van der Waals surface area contributed by atoms with Crippen LogP contribution in [0.15, 0.2) is 35.0 Å². The van der Waals surface area contributed by atoms with Crippen molar-refractivity contribution in [2.45, 2.75) is 25.8 Å². The highest BCUT2D eigenvalue weighted by atomic mass is 32.1.